The molecular formula is C12H13NO. The maximum atomic E-state index is 11.1. The first-order valence-electron chi connectivity index (χ1n) is 4.52. The summed E-state index contributed by atoms with van der Waals surface area (Å²) in [5.74, 6) is -0.201. The predicted molar refractivity (Wildman–Crippen MR) is 58.2 cm³/mol. The summed E-state index contributed by atoms with van der Waals surface area (Å²) < 4.78 is 0. The molecule has 0 bridgehead atoms. The molecule has 1 N–H and O–H groups in total. The van der Waals surface area contributed by atoms with Crippen LogP contribution in [0.15, 0.2) is 42.7 Å². The van der Waals surface area contributed by atoms with Gasteiger partial charge in [0.05, 0.1) is 0 Å². The number of anilines is 1. The van der Waals surface area contributed by atoms with E-state index in [1.54, 1.807) is 0 Å². The molecule has 0 saturated carbocycles. The van der Waals surface area contributed by atoms with E-state index in [-0.39, 0.29) is 5.91 Å². The number of hydrogen-bond donors (Lipinski definition) is 1. The normalized spacial score (nSPS) is 8.93. The molecule has 1 amide bonds. The van der Waals surface area contributed by atoms with Crippen molar-refractivity contribution in [1.29, 1.82) is 0 Å². The van der Waals surface area contributed by atoms with Crippen LogP contribution in [0, 0.1) is 0 Å². The molecule has 0 aliphatic carbocycles. The lowest BCUT2D eigenvalue weighted by atomic mass is 10.1. The van der Waals surface area contributed by atoms with Crippen LogP contribution in [0.2, 0.25) is 0 Å². The zero-order valence-electron chi connectivity index (χ0n) is 8.21. The summed E-state index contributed by atoms with van der Waals surface area (Å²) in [7, 11) is 0. The minimum absolute atomic E-state index is 0.201. The van der Waals surface area contributed by atoms with Crippen molar-refractivity contribution >= 4 is 11.6 Å². The number of carbonyl (C=O) groups excluding carboxylic acids is 1. The number of amides is 1. The summed E-state index contributed by atoms with van der Waals surface area (Å²) in [6.07, 6.45) is 2.24. The predicted octanol–water partition coefficient (Wildman–Crippen LogP) is 2.53. The van der Waals surface area contributed by atoms with Crippen LogP contribution in [0.4, 0.5) is 5.69 Å². The average Bonchev–Trinajstić information content (AvgIpc) is 2.18. The molecule has 14 heavy (non-hydrogen) atoms. The van der Waals surface area contributed by atoms with Gasteiger partial charge in [0.2, 0.25) is 0 Å². The Morgan fingerprint density at radius 3 is 3.07 bits per heavy atom. The standard InChI is InChI=1S/C12H13NO/c1-3-6-12(14)13-11-8-5-7-10(4-2)9-11/h5-9H,1,4H2,2H3,(H,13,14). The van der Waals surface area contributed by atoms with Crippen LogP contribution >= 0.6 is 0 Å². The summed E-state index contributed by atoms with van der Waals surface area (Å²) in [5, 5.41) is 2.72. The monoisotopic (exact) mass is 187 g/mol. The third-order valence-corrected chi connectivity index (χ3v) is 1.84. The molecular weight excluding hydrogens is 174 g/mol. The maximum Gasteiger partial charge on any atom is 0.256 e. The molecule has 0 aliphatic heterocycles. The fourth-order valence-electron chi connectivity index (χ4n) is 1.14. The second-order valence-electron chi connectivity index (χ2n) is 2.89. The number of hydrogen-bond acceptors (Lipinski definition) is 1. The van der Waals surface area contributed by atoms with Crippen molar-refractivity contribution in [3.05, 3.63) is 48.2 Å². The van der Waals surface area contributed by atoms with Crippen LogP contribution in [0.5, 0.6) is 0 Å². The molecule has 1 rings (SSSR count). The lowest BCUT2D eigenvalue weighted by molar-refractivity contribution is -0.111. The summed E-state index contributed by atoms with van der Waals surface area (Å²) in [5.41, 5.74) is 4.44. The van der Waals surface area contributed by atoms with Gasteiger partial charge in [-0.2, -0.15) is 0 Å². The van der Waals surface area contributed by atoms with Gasteiger partial charge < -0.3 is 5.32 Å². The molecule has 0 atom stereocenters. The fourth-order valence-corrected chi connectivity index (χ4v) is 1.14. The number of carbonyl (C=O) groups is 1. The van der Waals surface area contributed by atoms with Gasteiger partial charge in [0, 0.05) is 11.8 Å². The van der Waals surface area contributed by atoms with Crippen molar-refractivity contribution < 1.29 is 4.79 Å². The Balaban J connectivity index is 2.76. The molecule has 0 radical (unpaired) electrons. The molecule has 0 aliphatic rings. The zero-order valence-corrected chi connectivity index (χ0v) is 8.21. The van der Waals surface area contributed by atoms with E-state index < -0.39 is 0 Å². The third-order valence-electron chi connectivity index (χ3n) is 1.84. The van der Waals surface area contributed by atoms with Crippen LogP contribution in [0.25, 0.3) is 0 Å². The fraction of sp³-hybridized carbons (Fsp3) is 0.167. The Kier molecular flexibility index (Phi) is 3.71. The highest BCUT2D eigenvalue weighted by atomic mass is 16.1. The summed E-state index contributed by atoms with van der Waals surface area (Å²) in [6.45, 7) is 5.41. The quantitative estimate of drug-likeness (QED) is 0.571. The smallest absolute Gasteiger partial charge is 0.256 e. The van der Waals surface area contributed by atoms with Crippen molar-refractivity contribution in [3.63, 3.8) is 0 Å². The van der Waals surface area contributed by atoms with E-state index in [2.05, 4.69) is 24.6 Å². The molecule has 0 saturated heterocycles. The minimum Gasteiger partial charge on any atom is -0.322 e. The zero-order chi connectivity index (χ0) is 10.4. The van der Waals surface area contributed by atoms with E-state index in [0.717, 1.165) is 12.1 Å². The van der Waals surface area contributed by atoms with E-state index in [0.29, 0.717) is 0 Å². The topological polar surface area (TPSA) is 29.1 Å². The minimum atomic E-state index is -0.201. The number of rotatable bonds is 3. The highest BCUT2D eigenvalue weighted by Gasteiger charge is 1.97. The van der Waals surface area contributed by atoms with E-state index >= 15 is 0 Å². The van der Waals surface area contributed by atoms with Gasteiger partial charge in [0.1, 0.15) is 0 Å². The molecule has 2 heteroatoms. The first kappa shape index (κ1) is 10.3. The molecule has 0 aromatic heterocycles. The van der Waals surface area contributed by atoms with Gasteiger partial charge in [0.15, 0.2) is 0 Å². The molecule has 72 valence electrons. The molecule has 2 nitrogen and oxygen atoms in total. The lowest BCUT2D eigenvalue weighted by Gasteiger charge is -2.03. The van der Waals surface area contributed by atoms with Crippen molar-refractivity contribution in [1.82, 2.24) is 0 Å². The van der Waals surface area contributed by atoms with E-state index in [4.69, 9.17) is 0 Å². The van der Waals surface area contributed by atoms with Crippen molar-refractivity contribution in [2.45, 2.75) is 13.3 Å². The Bertz CT molecular complexity index is 376. The molecule has 0 spiro atoms. The van der Waals surface area contributed by atoms with Crippen LogP contribution < -0.4 is 5.32 Å². The molecule has 1 aromatic rings. The average molecular weight is 187 g/mol. The van der Waals surface area contributed by atoms with E-state index in [9.17, 15) is 4.79 Å². The van der Waals surface area contributed by atoms with Gasteiger partial charge in [-0.05, 0) is 24.1 Å². The molecule has 0 unspecified atom stereocenters. The lowest BCUT2D eigenvalue weighted by Crippen LogP contribution is -2.07. The van der Waals surface area contributed by atoms with Crippen LogP contribution in [-0.2, 0) is 11.2 Å². The van der Waals surface area contributed by atoms with Crippen LogP contribution in [0.1, 0.15) is 12.5 Å². The Hall–Kier alpha value is -1.79. The second kappa shape index (κ2) is 5.05. The molecule has 1 aromatic carbocycles. The summed E-state index contributed by atoms with van der Waals surface area (Å²) >= 11 is 0. The van der Waals surface area contributed by atoms with Crippen molar-refractivity contribution in [2.75, 3.05) is 5.32 Å². The van der Waals surface area contributed by atoms with Gasteiger partial charge in [-0.1, -0.05) is 25.6 Å². The largest absolute Gasteiger partial charge is 0.322 e. The van der Waals surface area contributed by atoms with Crippen molar-refractivity contribution in [3.8, 4) is 0 Å². The SMILES string of the molecule is C=C=CC(=O)Nc1cccc(CC)c1. The Morgan fingerprint density at radius 1 is 1.64 bits per heavy atom. The van der Waals surface area contributed by atoms with Gasteiger partial charge in [-0.25, -0.2) is 0 Å². The number of aryl methyl sites for hydroxylation is 1. The van der Waals surface area contributed by atoms with Crippen LogP contribution in [-0.4, -0.2) is 5.91 Å². The van der Waals surface area contributed by atoms with Gasteiger partial charge in [0.25, 0.3) is 5.91 Å². The maximum absolute atomic E-state index is 11.1. The molecule has 0 fully saturated rings. The van der Waals surface area contributed by atoms with Crippen molar-refractivity contribution in [2.24, 2.45) is 0 Å². The highest BCUT2D eigenvalue weighted by Crippen LogP contribution is 2.10. The van der Waals surface area contributed by atoms with Gasteiger partial charge >= 0.3 is 0 Å². The first-order valence-corrected chi connectivity index (χ1v) is 4.52. The van der Waals surface area contributed by atoms with E-state index in [1.807, 2.05) is 24.3 Å². The summed E-state index contributed by atoms with van der Waals surface area (Å²) in [6, 6.07) is 7.76. The number of benzene rings is 1. The first-order chi connectivity index (χ1) is 6.76. The Morgan fingerprint density at radius 2 is 2.43 bits per heavy atom. The highest BCUT2D eigenvalue weighted by molar-refractivity contribution is 5.99. The second-order valence-corrected chi connectivity index (χ2v) is 2.89. The van der Waals surface area contributed by atoms with Gasteiger partial charge in [-0.3, -0.25) is 4.79 Å². The third kappa shape index (κ3) is 2.92. The molecule has 0 heterocycles. The Labute approximate surface area is 84.0 Å². The summed E-state index contributed by atoms with van der Waals surface area (Å²) in [4.78, 5) is 11.1. The van der Waals surface area contributed by atoms with Crippen LogP contribution in [0.3, 0.4) is 0 Å². The van der Waals surface area contributed by atoms with E-state index in [1.165, 1.54) is 11.6 Å². The number of nitrogens with one attached hydrogen (secondary N) is 1. The van der Waals surface area contributed by atoms with Gasteiger partial charge in [-0.15, -0.1) is 5.73 Å².